The van der Waals surface area contributed by atoms with Crippen molar-refractivity contribution in [2.75, 3.05) is 31.1 Å². The Morgan fingerprint density at radius 2 is 1.77 bits per heavy atom. The molecule has 1 fully saturated rings. The summed E-state index contributed by atoms with van der Waals surface area (Å²) in [5, 5.41) is 1.97. The number of H-pyrrole nitrogens is 1. The van der Waals surface area contributed by atoms with Crippen LogP contribution in [0.2, 0.25) is 5.02 Å². The molecule has 1 aliphatic rings. The molecule has 0 spiro atoms. The summed E-state index contributed by atoms with van der Waals surface area (Å²) < 4.78 is 0. The maximum atomic E-state index is 12.6. The van der Waals surface area contributed by atoms with Crippen LogP contribution in [0.15, 0.2) is 54.7 Å². The fourth-order valence-corrected chi connectivity index (χ4v) is 3.76. The summed E-state index contributed by atoms with van der Waals surface area (Å²) in [4.78, 5) is 20.1. The normalized spacial score (nSPS) is 14.8. The molecule has 1 saturated heterocycles. The average molecular weight is 368 g/mol. The highest BCUT2D eigenvalue weighted by Gasteiger charge is 2.21. The van der Waals surface area contributed by atoms with Gasteiger partial charge in [0, 0.05) is 60.4 Å². The fourth-order valence-electron chi connectivity index (χ4n) is 3.63. The lowest BCUT2D eigenvalue weighted by Crippen LogP contribution is -2.48. The molecule has 0 bridgehead atoms. The number of aromatic nitrogens is 1. The lowest BCUT2D eigenvalue weighted by atomic mass is 10.0. The van der Waals surface area contributed by atoms with E-state index in [0.29, 0.717) is 6.42 Å². The molecule has 1 aromatic heterocycles. The van der Waals surface area contributed by atoms with Crippen LogP contribution >= 0.6 is 11.6 Å². The van der Waals surface area contributed by atoms with Crippen LogP contribution in [0.3, 0.4) is 0 Å². The van der Waals surface area contributed by atoms with Crippen molar-refractivity contribution in [2.24, 2.45) is 0 Å². The van der Waals surface area contributed by atoms with Gasteiger partial charge >= 0.3 is 0 Å². The zero-order valence-corrected chi connectivity index (χ0v) is 15.4. The topological polar surface area (TPSA) is 39.3 Å². The molecule has 134 valence electrons. The molecule has 1 aliphatic heterocycles. The van der Waals surface area contributed by atoms with Crippen molar-refractivity contribution in [1.29, 1.82) is 0 Å². The van der Waals surface area contributed by atoms with Gasteiger partial charge in [-0.1, -0.05) is 23.7 Å². The van der Waals surface area contributed by atoms with E-state index < -0.39 is 0 Å². The molecule has 4 rings (SSSR count). The third-order valence-corrected chi connectivity index (χ3v) is 5.37. The molecule has 1 N–H and O–H groups in total. The largest absolute Gasteiger partial charge is 0.368 e. The molecule has 4 nitrogen and oxygen atoms in total. The second-order valence-corrected chi connectivity index (χ2v) is 7.14. The number of aryl methyl sites for hydroxylation is 1. The van der Waals surface area contributed by atoms with Crippen molar-refractivity contribution >= 4 is 34.1 Å². The maximum absolute atomic E-state index is 12.6. The van der Waals surface area contributed by atoms with E-state index in [1.807, 2.05) is 41.4 Å². The van der Waals surface area contributed by atoms with Crippen molar-refractivity contribution in [3.05, 3.63) is 65.3 Å². The summed E-state index contributed by atoms with van der Waals surface area (Å²) in [6, 6.07) is 16.2. The summed E-state index contributed by atoms with van der Waals surface area (Å²) in [5.74, 6) is 0.244. The van der Waals surface area contributed by atoms with Crippen LogP contribution in [0.4, 0.5) is 5.69 Å². The van der Waals surface area contributed by atoms with Gasteiger partial charge in [0.25, 0.3) is 0 Å². The number of anilines is 1. The molecule has 0 radical (unpaired) electrons. The van der Waals surface area contributed by atoms with Crippen molar-refractivity contribution < 1.29 is 4.79 Å². The van der Waals surface area contributed by atoms with E-state index >= 15 is 0 Å². The maximum Gasteiger partial charge on any atom is 0.223 e. The van der Waals surface area contributed by atoms with Gasteiger partial charge < -0.3 is 14.8 Å². The summed E-state index contributed by atoms with van der Waals surface area (Å²) in [7, 11) is 0. The van der Waals surface area contributed by atoms with E-state index in [0.717, 1.165) is 43.1 Å². The van der Waals surface area contributed by atoms with E-state index in [1.54, 1.807) is 0 Å². The number of aromatic amines is 1. The minimum Gasteiger partial charge on any atom is -0.368 e. The zero-order valence-electron chi connectivity index (χ0n) is 14.6. The second kappa shape index (κ2) is 7.42. The first-order valence-corrected chi connectivity index (χ1v) is 9.42. The Morgan fingerprint density at radius 1 is 1.00 bits per heavy atom. The third-order valence-electron chi connectivity index (χ3n) is 5.12. The predicted molar refractivity (Wildman–Crippen MR) is 107 cm³/mol. The number of rotatable bonds is 4. The lowest BCUT2D eigenvalue weighted by Gasteiger charge is -2.36. The Kier molecular flexibility index (Phi) is 4.85. The summed E-state index contributed by atoms with van der Waals surface area (Å²) >= 11 is 5.96. The van der Waals surface area contributed by atoms with Crippen LogP contribution in [0, 0.1) is 0 Å². The quantitative estimate of drug-likeness (QED) is 0.754. The molecule has 0 atom stereocenters. The van der Waals surface area contributed by atoms with E-state index in [2.05, 4.69) is 28.1 Å². The van der Waals surface area contributed by atoms with Gasteiger partial charge in [-0.25, -0.2) is 0 Å². The Morgan fingerprint density at radius 3 is 2.54 bits per heavy atom. The molecule has 26 heavy (non-hydrogen) atoms. The van der Waals surface area contributed by atoms with Crippen LogP contribution < -0.4 is 4.90 Å². The van der Waals surface area contributed by atoms with Gasteiger partial charge in [0.05, 0.1) is 0 Å². The molecule has 5 heteroatoms. The molecule has 3 aromatic rings. The number of carbonyl (C=O) groups excluding carboxylic acids is 1. The van der Waals surface area contributed by atoms with Crippen molar-refractivity contribution in [3.63, 3.8) is 0 Å². The monoisotopic (exact) mass is 367 g/mol. The number of nitrogens with one attached hydrogen (secondary N) is 1. The number of halogens is 1. The van der Waals surface area contributed by atoms with Crippen molar-refractivity contribution in [3.8, 4) is 0 Å². The highest BCUT2D eigenvalue weighted by molar-refractivity contribution is 6.30. The Labute approximate surface area is 158 Å². The van der Waals surface area contributed by atoms with Gasteiger partial charge in [-0.3, -0.25) is 4.79 Å². The molecule has 0 saturated carbocycles. The number of hydrogen-bond acceptors (Lipinski definition) is 2. The van der Waals surface area contributed by atoms with Gasteiger partial charge in [0.15, 0.2) is 0 Å². The smallest absolute Gasteiger partial charge is 0.223 e. The van der Waals surface area contributed by atoms with Gasteiger partial charge in [0.1, 0.15) is 0 Å². The lowest BCUT2D eigenvalue weighted by molar-refractivity contribution is -0.131. The standard InChI is InChI=1S/C21H22ClN3O/c22-17-5-7-18(8-6-17)24-12-14-25(15-13-24)21(26)9-4-16-2-1-3-20-19(16)10-11-23-20/h1-3,5-8,10-11,23H,4,9,12-15H2. The zero-order chi connectivity index (χ0) is 17.9. The molecular weight excluding hydrogens is 346 g/mol. The molecule has 1 amide bonds. The molecular formula is C21H22ClN3O. The van der Waals surface area contributed by atoms with Gasteiger partial charge in [-0.15, -0.1) is 0 Å². The SMILES string of the molecule is O=C(CCc1cccc2[nH]ccc12)N1CCN(c2ccc(Cl)cc2)CC1. The Balaban J connectivity index is 1.32. The van der Waals surface area contributed by atoms with Gasteiger partial charge in [-0.05, 0) is 48.4 Å². The molecule has 0 aliphatic carbocycles. The molecule has 0 unspecified atom stereocenters. The van der Waals surface area contributed by atoms with E-state index in [-0.39, 0.29) is 5.91 Å². The third kappa shape index (κ3) is 3.56. The number of benzene rings is 2. The van der Waals surface area contributed by atoms with Gasteiger partial charge in [0.2, 0.25) is 5.91 Å². The van der Waals surface area contributed by atoms with Crippen molar-refractivity contribution in [2.45, 2.75) is 12.8 Å². The summed E-state index contributed by atoms with van der Waals surface area (Å²) in [6.07, 6.45) is 3.29. The predicted octanol–water partition coefficient (Wildman–Crippen LogP) is 4.10. The van der Waals surface area contributed by atoms with Crippen LogP contribution in [-0.4, -0.2) is 42.0 Å². The minimum absolute atomic E-state index is 0.244. The van der Waals surface area contributed by atoms with Crippen LogP contribution in [0.25, 0.3) is 10.9 Å². The van der Waals surface area contributed by atoms with Crippen LogP contribution in [0.1, 0.15) is 12.0 Å². The first-order valence-electron chi connectivity index (χ1n) is 9.04. The molecule has 2 aromatic carbocycles. The number of piperazine rings is 1. The number of amides is 1. The van der Waals surface area contributed by atoms with Crippen molar-refractivity contribution in [1.82, 2.24) is 9.88 Å². The van der Waals surface area contributed by atoms with Gasteiger partial charge in [-0.2, -0.15) is 0 Å². The first kappa shape index (κ1) is 17.0. The second-order valence-electron chi connectivity index (χ2n) is 6.70. The summed E-state index contributed by atoms with van der Waals surface area (Å²) in [5.41, 5.74) is 3.53. The van der Waals surface area contributed by atoms with E-state index in [4.69, 9.17) is 11.6 Å². The minimum atomic E-state index is 0.244. The number of carbonyl (C=O) groups is 1. The molecule has 2 heterocycles. The first-order chi connectivity index (χ1) is 12.7. The fraction of sp³-hybridized carbons (Fsp3) is 0.286. The highest BCUT2D eigenvalue weighted by Crippen LogP contribution is 2.21. The van der Waals surface area contributed by atoms with E-state index in [1.165, 1.54) is 16.6 Å². The van der Waals surface area contributed by atoms with Crippen LogP contribution in [-0.2, 0) is 11.2 Å². The highest BCUT2D eigenvalue weighted by atomic mass is 35.5. The Bertz CT molecular complexity index is 895. The van der Waals surface area contributed by atoms with E-state index in [9.17, 15) is 4.79 Å². The van der Waals surface area contributed by atoms with Crippen LogP contribution in [0.5, 0.6) is 0 Å². The number of nitrogens with zero attached hydrogens (tertiary/aromatic N) is 2. The summed E-state index contributed by atoms with van der Waals surface area (Å²) in [6.45, 7) is 3.27. The number of hydrogen-bond donors (Lipinski definition) is 1. The number of fused-ring (bicyclic) bond motifs is 1. The Hall–Kier alpha value is -2.46. The average Bonchev–Trinajstić information content (AvgIpc) is 3.16.